The molecule has 0 unspecified atom stereocenters. The topological polar surface area (TPSA) is 83.6 Å². The van der Waals surface area contributed by atoms with Crippen LogP contribution in [0, 0.1) is 0 Å². The highest BCUT2D eigenvalue weighted by Crippen LogP contribution is 2.39. The van der Waals surface area contributed by atoms with E-state index in [-0.39, 0.29) is 0 Å². The van der Waals surface area contributed by atoms with Crippen molar-refractivity contribution < 1.29 is 14.4 Å². The van der Waals surface area contributed by atoms with Gasteiger partial charge in [0.1, 0.15) is 5.78 Å². The van der Waals surface area contributed by atoms with E-state index in [1.807, 2.05) is 6.92 Å². The SMILES string of the molecule is CCC[C@@H](N)P(=O)(O)O. The molecule has 4 nitrogen and oxygen atoms in total. The average molecular weight is 153 g/mol. The molecule has 9 heavy (non-hydrogen) atoms. The summed E-state index contributed by atoms with van der Waals surface area (Å²) in [5, 5.41) is 0. The van der Waals surface area contributed by atoms with Crippen LogP contribution in [-0.4, -0.2) is 15.6 Å². The second kappa shape index (κ2) is 3.32. The Morgan fingerprint density at radius 2 is 2.11 bits per heavy atom. The highest BCUT2D eigenvalue weighted by molar-refractivity contribution is 7.52. The monoisotopic (exact) mass is 153 g/mol. The lowest BCUT2D eigenvalue weighted by Crippen LogP contribution is -2.19. The molecule has 0 radical (unpaired) electrons. The fourth-order valence-corrected chi connectivity index (χ4v) is 1.06. The predicted molar refractivity (Wildman–Crippen MR) is 34.9 cm³/mol. The van der Waals surface area contributed by atoms with Crippen LogP contribution in [0.4, 0.5) is 0 Å². The smallest absolute Gasteiger partial charge is 0.323 e. The summed E-state index contributed by atoms with van der Waals surface area (Å²) >= 11 is 0. The summed E-state index contributed by atoms with van der Waals surface area (Å²) in [4.78, 5) is 16.8. The Morgan fingerprint density at radius 3 is 2.22 bits per heavy atom. The fourth-order valence-electron chi connectivity index (χ4n) is 0.464. The first kappa shape index (κ1) is 9.11. The van der Waals surface area contributed by atoms with Gasteiger partial charge in [0.2, 0.25) is 0 Å². The van der Waals surface area contributed by atoms with Crippen LogP contribution in [0.2, 0.25) is 0 Å². The van der Waals surface area contributed by atoms with E-state index in [4.69, 9.17) is 15.5 Å². The molecule has 0 aliphatic heterocycles. The highest BCUT2D eigenvalue weighted by Gasteiger charge is 2.22. The molecular weight excluding hydrogens is 141 g/mol. The van der Waals surface area contributed by atoms with Crippen LogP contribution >= 0.6 is 7.60 Å². The van der Waals surface area contributed by atoms with E-state index in [2.05, 4.69) is 0 Å². The lowest BCUT2D eigenvalue weighted by molar-refractivity contribution is 0.355. The van der Waals surface area contributed by atoms with E-state index < -0.39 is 13.4 Å². The Morgan fingerprint density at radius 1 is 1.67 bits per heavy atom. The van der Waals surface area contributed by atoms with Crippen molar-refractivity contribution in [3.05, 3.63) is 0 Å². The summed E-state index contributed by atoms with van der Waals surface area (Å²) in [5.74, 6) is -0.970. The van der Waals surface area contributed by atoms with E-state index in [0.29, 0.717) is 12.8 Å². The Labute approximate surface area is 54.2 Å². The molecule has 0 aromatic carbocycles. The Hall–Kier alpha value is 0.110. The maximum atomic E-state index is 10.3. The van der Waals surface area contributed by atoms with Crippen LogP contribution in [0.15, 0.2) is 0 Å². The number of hydrogen-bond acceptors (Lipinski definition) is 2. The predicted octanol–water partition coefficient (Wildman–Crippen LogP) is 0.249. The molecule has 0 aromatic heterocycles. The third-order valence-corrected chi connectivity index (χ3v) is 2.14. The van der Waals surface area contributed by atoms with Gasteiger partial charge in [-0.1, -0.05) is 13.3 Å². The molecule has 0 saturated carbocycles. The molecule has 0 rings (SSSR count). The first-order valence-corrected chi connectivity index (χ1v) is 4.47. The van der Waals surface area contributed by atoms with Gasteiger partial charge in [0.25, 0.3) is 0 Å². The maximum Gasteiger partial charge on any atom is 0.342 e. The third-order valence-electron chi connectivity index (χ3n) is 1.02. The van der Waals surface area contributed by atoms with E-state index in [1.54, 1.807) is 0 Å². The zero-order valence-electron chi connectivity index (χ0n) is 5.32. The summed E-state index contributed by atoms with van der Waals surface area (Å²) < 4.78 is 10.3. The van der Waals surface area contributed by atoms with Gasteiger partial charge in [-0.15, -0.1) is 0 Å². The van der Waals surface area contributed by atoms with E-state index in [9.17, 15) is 4.57 Å². The summed E-state index contributed by atoms with van der Waals surface area (Å²) in [6.07, 6.45) is 1.08. The second-order valence-corrected chi connectivity index (χ2v) is 3.79. The normalized spacial score (nSPS) is 15.6. The van der Waals surface area contributed by atoms with Gasteiger partial charge in [-0.3, -0.25) is 4.57 Å². The van der Waals surface area contributed by atoms with E-state index >= 15 is 0 Å². The van der Waals surface area contributed by atoms with Crippen molar-refractivity contribution >= 4 is 7.60 Å². The van der Waals surface area contributed by atoms with Crippen molar-refractivity contribution in [2.24, 2.45) is 5.73 Å². The van der Waals surface area contributed by atoms with Crippen molar-refractivity contribution in [3.63, 3.8) is 0 Å². The Balaban J connectivity index is 3.74. The first-order valence-electron chi connectivity index (χ1n) is 2.79. The lowest BCUT2D eigenvalue weighted by Gasteiger charge is -2.10. The highest BCUT2D eigenvalue weighted by atomic mass is 31.2. The van der Waals surface area contributed by atoms with Crippen LogP contribution in [0.25, 0.3) is 0 Å². The summed E-state index contributed by atoms with van der Waals surface area (Å²) in [6.45, 7) is 1.83. The molecule has 0 amide bonds. The standard InChI is InChI=1S/C4H12NO3P/c1-2-3-4(5)9(6,7)8/h4H,2-3,5H2,1H3,(H2,6,7,8)/t4-/m0/s1. The molecule has 0 aliphatic rings. The number of nitrogens with two attached hydrogens (primary N) is 1. The maximum absolute atomic E-state index is 10.3. The largest absolute Gasteiger partial charge is 0.342 e. The van der Waals surface area contributed by atoms with Crippen molar-refractivity contribution in [2.45, 2.75) is 25.5 Å². The van der Waals surface area contributed by atoms with Gasteiger partial charge in [-0.05, 0) is 6.42 Å². The Bertz CT molecular complexity index is 121. The van der Waals surface area contributed by atoms with Crippen LogP contribution in [0.1, 0.15) is 19.8 Å². The summed E-state index contributed by atoms with van der Waals surface area (Å²) in [6, 6.07) is 0. The molecule has 0 saturated heterocycles. The van der Waals surface area contributed by atoms with Gasteiger partial charge >= 0.3 is 7.60 Å². The van der Waals surface area contributed by atoms with Crippen LogP contribution in [-0.2, 0) is 4.57 Å². The second-order valence-electron chi connectivity index (χ2n) is 1.95. The van der Waals surface area contributed by atoms with Gasteiger partial charge in [0.15, 0.2) is 0 Å². The van der Waals surface area contributed by atoms with Crippen LogP contribution in [0.3, 0.4) is 0 Å². The van der Waals surface area contributed by atoms with E-state index in [0.717, 1.165) is 0 Å². The molecule has 0 aromatic rings. The number of rotatable bonds is 3. The van der Waals surface area contributed by atoms with E-state index in [1.165, 1.54) is 0 Å². The van der Waals surface area contributed by atoms with Gasteiger partial charge in [0, 0.05) is 0 Å². The van der Waals surface area contributed by atoms with Crippen LogP contribution < -0.4 is 5.73 Å². The van der Waals surface area contributed by atoms with Gasteiger partial charge in [-0.25, -0.2) is 0 Å². The fraction of sp³-hybridized carbons (Fsp3) is 1.00. The zero-order chi connectivity index (χ0) is 7.49. The van der Waals surface area contributed by atoms with Crippen molar-refractivity contribution in [3.8, 4) is 0 Å². The van der Waals surface area contributed by atoms with Gasteiger partial charge < -0.3 is 15.5 Å². The molecule has 0 aliphatic carbocycles. The van der Waals surface area contributed by atoms with Crippen LogP contribution in [0.5, 0.6) is 0 Å². The molecule has 1 atom stereocenters. The molecule has 0 heterocycles. The quantitative estimate of drug-likeness (QED) is 0.507. The molecule has 0 spiro atoms. The minimum Gasteiger partial charge on any atom is -0.323 e. The van der Waals surface area contributed by atoms with Gasteiger partial charge in [-0.2, -0.15) is 0 Å². The Kier molecular flexibility index (Phi) is 3.36. The van der Waals surface area contributed by atoms with Gasteiger partial charge in [0.05, 0.1) is 0 Å². The molecule has 0 bridgehead atoms. The minimum absolute atomic E-state index is 0.379. The molecule has 4 N–H and O–H groups in total. The minimum atomic E-state index is -4.00. The van der Waals surface area contributed by atoms with Crippen molar-refractivity contribution in [2.75, 3.05) is 0 Å². The van der Waals surface area contributed by atoms with Crippen molar-refractivity contribution in [1.82, 2.24) is 0 Å². The summed E-state index contributed by atoms with van der Waals surface area (Å²) in [5.41, 5.74) is 5.10. The molecule has 5 heteroatoms. The zero-order valence-corrected chi connectivity index (χ0v) is 6.21. The molecular formula is C4H12NO3P. The molecule has 56 valence electrons. The summed E-state index contributed by atoms with van der Waals surface area (Å²) in [7, 11) is -4.00. The first-order chi connectivity index (χ1) is 3.98. The third kappa shape index (κ3) is 3.65. The number of hydrogen-bond donors (Lipinski definition) is 3. The lowest BCUT2D eigenvalue weighted by atomic mass is 10.3. The van der Waals surface area contributed by atoms with Crippen molar-refractivity contribution in [1.29, 1.82) is 0 Å². The molecule has 0 fully saturated rings. The average Bonchev–Trinajstić information content (AvgIpc) is 1.64.